The third kappa shape index (κ3) is 3.20. The third-order valence-corrected chi connectivity index (χ3v) is 3.90. The van der Waals surface area contributed by atoms with Gasteiger partial charge >= 0.3 is 5.97 Å². The summed E-state index contributed by atoms with van der Waals surface area (Å²) in [6.07, 6.45) is 1.81. The molecule has 0 aliphatic rings. The molecule has 3 rings (SSSR count). The van der Waals surface area contributed by atoms with Gasteiger partial charge < -0.3 is 4.74 Å². The van der Waals surface area contributed by atoms with Crippen LogP contribution in [0.1, 0.15) is 22.8 Å². The monoisotopic (exact) mass is 317 g/mol. The molecule has 0 aliphatic heterocycles. The van der Waals surface area contributed by atoms with Crippen LogP contribution in [0.25, 0.3) is 22.4 Å². The van der Waals surface area contributed by atoms with E-state index >= 15 is 0 Å². The summed E-state index contributed by atoms with van der Waals surface area (Å²) >= 11 is 0. The molecule has 0 unspecified atom stereocenters. The van der Waals surface area contributed by atoms with Crippen LogP contribution in [0.4, 0.5) is 0 Å². The highest BCUT2D eigenvalue weighted by atomic mass is 16.5. The Bertz CT molecular complexity index is 854. The SMILES string of the molecule is CCOC(=O)c1ccc(-c2ccccc2-c2ncccc2C)cc1. The largest absolute Gasteiger partial charge is 0.462 e. The van der Waals surface area contributed by atoms with Crippen molar-refractivity contribution in [3.05, 3.63) is 78.0 Å². The fourth-order valence-corrected chi connectivity index (χ4v) is 2.71. The average Bonchev–Trinajstić information content (AvgIpc) is 2.62. The van der Waals surface area contributed by atoms with Gasteiger partial charge in [0.2, 0.25) is 0 Å². The second kappa shape index (κ2) is 7.09. The molecule has 0 bridgehead atoms. The van der Waals surface area contributed by atoms with Gasteiger partial charge in [0.05, 0.1) is 17.9 Å². The van der Waals surface area contributed by atoms with E-state index in [2.05, 4.69) is 30.1 Å². The van der Waals surface area contributed by atoms with Crippen molar-refractivity contribution >= 4 is 5.97 Å². The number of pyridine rings is 1. The molecule has 0 saturated carbocycles. The molecule has 0 aliphatic carbocycles. The highest BCUT2D eigenvalue weighted by molar-refractivity contribution is 5.91. The lowest BCUT2D eigenvalue weighted by Crippen LogP contribution is -2.04. The third-order valence-electron chi connectivity index (χ3n) is 3.90. The van der Waals surface area contributed by atoms with Gasteiger partial charge in [0, 0.05) is 11.8 Å². The molecular weight excluding hydrogens is 298 g/mol. The van der Waals surface area contributed by atoms with Crippen LogP contribution in [0.3, 0.4) is 0 Å². The molecule has 0 fully saturated rings. The van der Waals surface area contributed by atoms with Crippen molar-refractivity contribution in [2.45, 2.75) is 13.8 Å². The molecule has 3 nitrogen and oxygen atoms in total. The second-order valence-electron chi connectivity index (χ2n) is 5.51. The Morgan fingerprint density at radius 2 is 1.67 bits per heavy atom. The summed E-state index contributed by atoms with van der Waals surface area (Å²) in [5.74, 6) is -0.294. The van der Waals surface area contributed by atoms with Crippen LogP contribution in [0.15, 0.2) is 66.9 Å². The fraction of sp³-hybridized carbons (Fsp3) is 0.143. The summed E-state index contributed by atoms with van der Waals surface area (Å²) in [4.78, 5) is 16.3. The zero-order valence-electron chi connectivity index (χ0n) is 13.8. The van der Waals surface area contributed by atoms with Crippen molar-refractivity contribution in [2.75, 3.05) is 6.61 Å². The number of aromatic nitrogens is 1. The van der Waals surface area contributed by atoms with Crippen molar-refractivity contribution in [1.29, 1.82) is 0 Å². The second-order valence-corrected chi connectivity index (χ2v) is 5.51. The molecule has 0 atom stereocenters. The van der Waals surface area contributed by atoms with Crippen LogP contribution in [0.2, 0.25) is 0 Å². The van der Waals surface area contributed by atoms with Crippen LogP contribution >= 0.6 is 0 Å². The molecule has 0 N–H and O–H groups in total. The van der Waals surface area contributed by atoms with Crippen molar-refractivity contribution in [3.63, 3.8) is 0 Å². The average molecular weight is 317 g/mol. The molecule has 1 heterocycles. The predicted molar refractivity (Wildman–Crippen MR) is 95.8 cm³/mol. The zero-order chi connectivity index (χ0) is 16.9. The van der Waals surface area contributed by atoms with Gasteiger partial charge in [-0.25, -0.2) is 4.79 Å². The van der Waals surface area contributed by atoms with Crippen molar-refractivity contribution < 1.29 is 9.53 Å². The molecule has 24 heavy (non-hydrogen) atoms. The Balaban J connectivity index is 2.02. The zero-order valence-corrected chi connectivity index (χ0v) is 13.8. The molecular formula is C21H19NO2. The molecule has 0 amide bonds. The first-order chi connectivity index (χ1) is 11.7. The van der Waals surface area contributed by atoms with Crippen LogP contribution < -0.4 is 0 Å². The summed E-state index contributed by atoms with van der Waals surface area (Å²) in [5.41, 5.74) is 5.89. The number of carbonyl (C=O) groups is 1. The van der Waals surface area contributed by atoms with E-state index in [9.17, 15) is 4.79 Å². The number of ether oxygens (including phenoxy) is 1. The summed E-state index contributed by atoms with van der Waals surface area (Å²) in [5, 5.41) is 0. The van der Waals surface area contributed by atoms with E-state index < -0.39 is 0 Å². The van der Waals surface area contributed by atoms with Gasteiger partial charge in [-0.2, -0.15) is 0 Å². The van der Waals surface area contributed by atoms with Crippen molar-refractivity contribution in [2.24, 2.45) is 0 Å². The minimum Gasteiger partial charge on any atom is -0.462 e. The lowest BCUT2D eigenvalue weighted by molar-refractivity contribution is 0.0526. The molecule has 0 saturated heterocycles. The maximum absolute atomic E-state index is 11.8. The van der Waals surface area contributed by atoms with E-state index in [1.807, 2.05) is 36.5 Å². The van der Waals surface area contributed by atoms with E-state index in [1.165, 1.54) is 0 Å². The van der Waals surface area contributed by atoms with Gasteiger partial charge in [-0.1, -0.05) is 42.5 Å². The van der Waals surface area contributed by atoms with Crippen molar-refractivity contribution in [1.82, 2.24) is 4.98 Å². The minimum atomic E-state index is -0.294. The van der Waals surface area contributed by atoms with Gasteiger partial charge in [0.25, 0.3) is 0 Å². The quantitative estimate of drug-likeness (QED) is 0.642. The Hall–Kier alpha value is -2.94. The standard InChI is InChI=1S/C21H19NO2/c1-3-24-21(23)17-12-10-16(11-13-17)18-8-4-5-9-19(18)20-15(2)7-6-14-22-20/h4-14H,3H2,1-2H3. The van der Waals surface area contributed by atoms with Crippen LogP contribution in [0, 0.1) is 6.92 Å². The van der Waals surface area contributed by atoms with Crippen LogP contribution in [-0.2, 0) is 4.74 Å². The number of rotatable bonds is 4. The predicted octanol–water partition coefficient (Wildman–Crippen LogP) is 4.90. The number of esters is 1. The van der Waals surface area contributed by atoms with Gasteiger partial charge in [-0.05, 0) is 48.7 Å². The number of aryl methyl sites for hydroxylation is 1. The van der Waals surface area contributed by atoms with Gasteiger partial charge in [0.15, 0.2) is 0 Å². The first-order valence-corrected chi connectivity index (χ1v) is 7.99. The van der Waals surface area contributed by atoms with Crippen LogP contribution in [-0.4, -0.2) is 17.6 Å². The van der Waals surface area contributed by atoms with Gasteiger partial charge in [-0.3, -0.25) is 4.98 Å². The topological polar surface area (TPSA) is 39.2 Å². The summed E-state index contributed by atoms with van der Waals surface area (Å²) < 4.78 is 5.03. The Labute approximate surface area is 142 Å². The number of hydrogen-bond donors (Lipinski definition) is 0. The number of carbonyl (C=O) groups excluding carboxylic acids is 1. The van der Waals surface area contributed by atoms with Gasteiger partial charge in [0.1, 0.15) is 0 Å². The molecule has 3 heteroatoms. The highest BCUT2D eigenvalue weighted by Crippen LogP contribution is 2.32. The molecule has 3 aromatic rings. The first-order valence-electron chi connectivity index (χ1n) is 7.99. The molecule has 2 aromatic carbocycles. The summed E-state index contributed by atoms with van der Waals surface area (Å²) in [6.45, 7) is 4.24. The van der Waals surface area contributed by atoms with E-state index in [0.717, 1.165) is 27.9 Å². The smallest absolute Gasteiger partial charge is 0.338 e. The first kappa shape index (κ1) is 15.9. The summed E-state index contributed by atoms with van der Waals surface area (Å²) in [7, 11) is 0. The lowest BCUT2D eigenvalue weighted by atomic mass is 9.95. The Morgan fingerprint density at radius 1 is 0.958 bits per heavy atom. The van der Waals surface area contributed by atoms with Gasteiger partial charge in [-0.15, -0.1) is 0 Å². The Kier molecular flexibility index (Phi) is 4.71. The van der Waals surface area contributed by atoms with Crippen LogP contribution in [0.5, 0.6) is 0 Å². The fourth-order valence-electron chi connectivity index (χ4n) is 2.71. The van der Waals surface area contributed by atoms with E-state index in [4.69, 9.17) is 4.74 Å². The molecule has 0 radical (unpaired) electrons. The maximum atomic E-state index is 11.8. The molecule has 1 aromatic heterocycles. The van der Waals surface area contributed by atoms with Crippen molar-refractivity contribution in [3.8, 4) is 22.4 Å². The molecule has 120 valence electrons. The lowest BCUT2D eigenvalue weighted by Gasteiger charge is -2.11. The number of nitrogens with zero attached hydrogens (tertiary/aromatic N) is 1. The number of benzene rings is 2. The summed E-state index contributed by atoms with van der Waals surface area (Å²) in [6, 6.07) is 19.7. The normalized spacial score (nSPS) is 10.4. The van der Waals surface area contributed by atoms with E-state index in [1.54, 1.807) is 19.1 Å². The Morgan fingerprint density at radius 3 is 2.33 bits per heavy atom. The van der Waals surface area contributed by atoms with E-state index in [-0.39, 0.29) is 5.97 Å². The minimum absolute atomic E-state index is 0.294. The maximum Gasteiger partial charge on any atom is 0.338 e. The highest BCUT2D eigenvalue weighted by Gasteiger charge is 2.11. The number of hydrogen-bond acceptors (Lipinski definition) is 3. The molecule has 0 spiro atoms. The van der Waals surface area contributed by atoms with E-state index in [0.29, 0.717) is 12.2 Å².